The van der Waals surface area contributed by atoms with E-state index in [2.05, 4.69) is 15.2 Å². The molecule has 0 saturated heterocycles. The van der Waals surface area contributed by atoms with Gasteiger partial charge in [0.2, 0.25) is 5.28 Å². The van der Waals surface area contributed by atoms with Gasteiger partial charge < -0.3 is 0 Å². The van der Waals surface area contributed by atoms with Gasteiger partial charge in [-0.3, -0.25) is 4.40 Å². The fourth-order valence-electron chi connectivity index (χ4n) is 0.765. The van der Waals surface area contributed by atoms with E-state index < -0.39 is 0 Å². The molecular formula is C5H2Cl2N4. The van der Waals surface area contributed by atoms with Crippen molar-refractivity contribution in [2.24, 2.45) is 0 Å². The molecule has 0 aliphatic heterocycles. The van der Waals surface area contributed by atoms with Gasteiger partial charge in [-0.1, -0.05) is 11.6 Å². The summed E-state index contributed by atoms with van der Waals surface area (Å²) >= 11 is 11.3. The zero-order valence-electron chi connectivity index (χ0n) is 5.20. The molecule has 0 atom stereocenters. The summed E-state index contributed by atoms with van der Waals surface area (Å²) in [5, 5.41) is 7.95. The van der Waals surface area contributed by atoms with Gasteiger partial charge in [0, 0.05) is 6.07 Å². The first-order valence-electron chi connectivity index (χ1n) is 2.79. The third-order valence-electron chi connectivity index (χ3n) is 1.22. The maximum Gasteiger partial charge on any atom is 0.211 e. The van der Waals surface area contributed by atoms with Crippen LogP contribution in [0.15, 0.2) is 12.4 Å². The van der Waals surface area contributed by atoms with E-state index in [1.807, 2.05) is 0 Å². The second-order valence-corrected chi connectivity index (χ2v) is 2.63. The van der Waals surface area contributed by atoms with Crippen LogP contribution in [-0.4, -0.2) is 19.6 Å². The highest BCUT2D eigenvalue weighted by Gasteiger charge is 2.01. The summed E-state index contributed by atoms with van der Waals surface area (Å²) < 4.78 is 1.54. The van der Waals surface area contributed by atoms with Crippen molar-refractivity contribution < 1.29 is 0 Å². The Morgan fingerprint density at radius 3 is 3.00 bits per heavy atom. The molecule has 0 amide bonds. The lowest BCUT2D eigenvalue weighted by atomic mass is 10.6. The molecule has 4 nitrogen and oxygen atoms in total. The highest BCUT2D eigenvalue weighted by Crippen LogP contribution is 2.13. The molecule has 0 unspecified atom stereocenters. The topological polar surface area (TPSA) is 43.1 Å². The van der Waals surface area contributed by atoms with Gasteiger partial charge in [-0.05, 0) is 11.6 Å². The summed E-state index contributed by atoms with van der Waals surface area (Å²) in [6.45, 7) is 0. The van der Waals surface area contributed by atoms with Crippen molar-refractivity contribution in [2.75, 3.05) is 0 Å². The summed E-state index contributed by atoms with van der Waals surface area (Å²) in [4.78, 5) is 3.79. The Morgan fingerprint density at radius 2 is 2.18 bits per heavy atom. The molecule has 0 bridgehead atoms. The Bertz CT molecular complexity index is 396. The molecule has 6 heteroatoms. The first-order valence-corrected chi connectivity index (χ1v) is 3.55. The maximum atomic E-state index is 5.69. The first-order chi connectivity index (χ1) is 5.27. The number of nitrogens with zero attached hydrogens (tertiary/aromatic N) is 4. The third kappa shape index (κ3) is 1.04. The van der Waals surface area contributed by atoms with E-state index in [4.69, 9.17) is 23.2 Å². The number of hydrogen-bond acceptors (Lipinski definition) is 3. The van der Waals surface area contributed by atoms with Crippen LogP contribution >= 0.6 is 23.2 Å². The molecular weight excluding hydrogens is 187 g/mol. The minimum atomic E-state index is 0.262. The van der Waals surface area contributed by atoms with Gasteiger partial charge in [0.1, 0.15) is 11.5 Å². The summed E-state index contributed by atoms with van der Waals surface area (Å²) in [5.74, 6) is 0. The normalized spacial score (nSPS) is 10.7. The summed E-state index contributed by atoms with van der Waals surface area (Å²) in [6, 6.07) is 1.58. The Balaban J connectivity index is 2.91. The van der Waals surface area contributed by atoms with Gasteiger partial charge in [0.15, 0.2) is 5.65 Å². The number of fused-ring (bicyclic) bond motifs is 1. The summed E-state index contributed by atoms with van der Waals surface area (Å²) in [6.07, 6.45) is 1.47. The molecule has 2 heterocycles. The highest BCUT2D eigenvalue weighted by molar-refractivity contribution is 6.32. The predicted molar refractivity (Wildman–Crippen MR) is 40.8 cm³/mol. The van der Waals surface area contributed by atoms with E-state index in [-0.39, 0.29) is 5.28 Å². The standard InChI is InChI=1S/C5H2Cl2N4/c6-3-1-4-10-8-2-11(4)5(7)9-3/h1-2H. The van der Waals surface area contributed by atoms with E-state index in [1.54, 1.807) is 6.07 Å². The molecule has 0 aliphatic rings. The molecule has 0 N–H and O–H groups in total. The van der Waals surface area contributed by atoms with E-state index in [0.717, 1.165) is 0 Å². The SMILES string of the molecule is Clc1cc2nncn2c(Cl)n1. The molecule has 2 aromatic heterocycles. The molecule has 0 aromatic carbocycles. The van der Waals surface area contributed by atoms with Gasteiger partial charge in [-0.2, -0.15) is 0 Å². The second kappa shape index (κ2) is 2.32. The maximum absolute atomic E-state index is 5.69. The lowest BCUT2D eigenvalue weighted by molar-refractivity contribution is 1.07. The Hall–Kier alpha value is -0.870. The van der Waals surface area contributed by atoms with E-state index >= 15 is 0 Å². The van der Waals surface area contributed by atoms with Gasteiger partial charge in [-0.25, -0.2) is 4.98 Å². The number of halogens is 2. The molecule has 0 radical (unpaired) electrons. The Kier molecular flexibility index (Phi) is 1.44. The van der Waals surface area contributed by atoms with Gasteiger partial charge in [0.05, 0.1) is 0 Å². The van der Waals surface area contributed by atoms with Crippen LogP contribution in [0.25, 0.3) is 5.65 Å². The van der Waals surface area contributed by atoms with Crippen molar-refractivity contribution in [3.8, 4) is 0 Å². The van der Waals surface area contributed by atoms with E-state index in [9.17, 15) is 0 Å². The second-order valence-electron chi connectivity index (χ2n) is 1.91. The fraction of sp³-hybridized carbons (Fsp3) is 0. The molecule has 11 heavy (non-hydrogen) atoms. The zero-order valence-corrected chi connectivity index (χ0v) is 6.71. The Labute approximate surface area is 71.8 Å². The van der Waals surface area contributed by atoms with Crippen molar-refractivity contribution in [1.82, 2.24) is 19.6 Å². The lowest BCUT2D eigenvalue weighted by Gasteiger charge is -1.94. The van der Waals surface area contributed by atoms with Crippen molar-refractivity contribution in [3.63, 3.8) is 0 Å². The molecule has 2 rings (SSSR count). The molecule has 0 aliphatic carbocycles. The van der Waals surface area contributed by atoms with Crippen LogP contribution in [0.5, 0.6) is 0 Å². The quantitative estimate of drug-likeness (QED) is 0.465. The molecule has 0 spiro atoms. The van der Waals surface area contributed by atoms with Gasteiger partial charge in [-0.15, -0.1) is 10.2 Å². The number of rotatable bonds is 0. The molecule has 0 fully saturated rings. The summed E-state index contributed by atoms with van der Waals surface area (Å²) in [7, 11) is 0. The third-order valence-corrected chi connectivity index (χ3v) is 1.68. The van der Waals surface area contributed by atoms with Crippen molar-refractivity contribution >= 4 is 28.8 Å². The fourth-order valence-corrected chi connectivity index (χ4v) is 1.21. The van der Waals surface area contributed by atoms with E-state index in [0.29, 0.717) is 10.8 Å². The van der Waals surface area contributed by atoms with Crippen LogP contribution in [0, 0.1) is 0 Å². The predicted octanol–water partition coefficient (Wildman–Crippen LogP) is 1.43. The monoisotopic (exact) mass is 188 g/mol. The molecule has 0 saturated carbocycles. The van der Waals surface area contributed by atoms with Crippen molar-refractivity contribution in [1.29, 1.82) is 0 Å². The smallest absolute Gasteiger partial charge is 0.211 e. The average molecular weight is 189 g/mol. The van der Waals surface area contributed by atoms with Crippen molar-refractivity contribution in [2.45, 2.75) is 0 Å². The highest BCUT2D eigenvalue weighted by atomic mass is 35.5. The molecule has 2 aromatic rings. The number of hydrogen-bond donors (Lipinski definition) is 0. The van der Waals surface area contributed by atoms with Gasteiger partial charge >= 0.3 is 0 Å². The van der Waals surface area contributed by atoms with Crippen LogP contribution in [0.3, 0.4) is 0 Å². The summed E-state index contributed by atoms with van der Waals surface area (Å²) in [5.41, 5.74) is 0.593. The first kappa shape index (κ1) is 6.82. The minimum absolute atomic E-state index is 0.262. The minimum Gasteiger partial charge on any atom is -0.255 e. The number of aromatic nitrogens is 4. The van der Waals surface area contributed by atoms with E-state index in [1.165, 1.54) is 10.7 Å². The largest absolute Gasteiger partial charge is 0.255 e. The van der Waals surface area contributed by atoms with Crippen LogP contribution in [-0.2, 0) is 0 Å². The lowest BCUT2D eigenvalue weighted by Crippen LogP contribution is -1.88. The Morgan fingerprint density at radius 1 is 1.36 bits per heavy atom. The zero-order chi connectivity index (χ0) is 7.84. The van der Waals surface area contributed by atoms with Gasteiger partial charge in [0.25, 0.3) is 0 Å². The van der Waals surface area contributed by atoms with Crippen LogP contribution < -0.4 is 0 Å². The van der Waals surface area contributed by atoms with Crippen LogP contribution in [0.1, 0.15) is 0 Å². The average Bonchev–Trinajstić information content (AvgIpc) is 2.34. The van der Waals surface area contributed by atoms with Crippen LogP contribution in [0.2, 0.25) is 10.4 Å². The van der Waals surface area contributed by atoms with Crippen molar-refractivity contribution in [3.05, 3.63) is 22.8 Å². The van der Waals surface area contributed by atoms with Crippen LogP contribution in [0.4, 0.5) is 0 Å². The molecule has 56 valence electrons.